The monoisotopic (exact) mass is 563 g/mol. The Kier molecular flexibility index (Phi) is 7.02. The van der Waals surface area contributed by atoms with Crippen LogP contribution in [0.1, 0.15) is 10.4 Å². The van der Waals surface area contributed by atoms with Crippen molar-refractivity contribution in [2.75, 3.05) is 13.3 Å². The van der Waals surface area contributed by atoms with Crippen LogP contribution >= 0.6 is 22.9 Å². The maximum Gasteiger partial charge on any atom is 0.456 e. The molecule has 4 aromatic rings. The maximum absolute atomic E-state index is 14.2. The summed E-state index contributed by atoms with van der Waals surface area (Å²) in [4.78, 5) is 21.9. The Morgan fingerprint density at radius 1 is 1.00 bits per heavy atom. The average Bonchev–Trinajstić information content (AvgIpc) is 3.57. The first-order chi connectivity index (χ1) is 18.2. The van der Waals surface area contributed by atoms with Crippen LogP contribution in [0.15, 0.2) is 101 Å². The summed E-state index contributed by atoms with van der Waals surface area (Å²) >= 11 is 8.13. The number of amides is 2. The summed E-state index contributed by atoms with van der Waals surface area (Å²) in [6.45, 7) is 0.364. The van der Waals surface area contributed by atoms with Gasteiger partial charge in [0.15, 0.2) is 21.2 Å². The molecule has 7 nitrogen and oxygen atoms in total. The van der Waals surface area contributed by atoms with E-state index >= 15 is 0 Å². The van der Waals surface area contributed by atoms with Crippen molar-refractivity contribution >= 4 is 56.4 Å². The fraction of sp³-hybridized carbons (Fsp3) is 0.107. The number of benzene rings is 2. The van der Waals surface area contributed by atoms with Crippen LogP contribution in [0, 0.1) is 0 Å². The summed E-state index contributed by atoms with van der Waals surface area (Å²) < 4.78 is 23.7. The van der Waals surface area contributed by atoms with Crippen LogP contribution in [0.25, 0.3) is 16.1 Å². The molecule has 0 saturated carbocycles. The molecule has 0 spiro atoms. The second kappa shape index (κ2) is 10.3. The minimum atomic E-state index is -3.35. The predicted octanol–water partition coefficient (Wildman–Crippen LogP) is 6.47. The first kappa shape index (κ1) is 26.0. The first-order valence-corrected chi connectivity index (χ1v) is 14.7. The number of hydrogen-bond acceptors (Lipinski definition) is 6. The summed E-state index contributed by atoms with van der Waals surface area (Å²) in [5, 5.41) is 5.12. The fourth-order valence-electron chi connectivity index (χ4n) is 4.36. The largest absolute Gasteiger partial charge is 0.456 e. The number of carbonyl (C=O) groups excluding carboxylic acids is 1. The lowest BCUT2D eigenvalue weighted by Crippen LogP contribution is -2.52. The summed E-state index contributed by atoms with van der Waals surface area (Å²) in [5.74, 6) is 0. The van der Waals surface area contributed by atoms with Gasteiger partial charge in [0.2, 0.25) is 0 Å². The molecule has 0 bridgehead atoms. The zero-order valence-corrected chi connectivity index (χ0v) is 23.0. The van der Waals surface area contributed by atoms with Crippen molar-refractivity contribution < 1.29 is 13.2 Å². The number of allylic oxidation sites excluding steroid dienone is 1. The minimum absolute atomic E-state index is 0.252. The summed E-state index contributed by atoms with van der Waals surface area (Å²) in [5.41, 5.74) is 2.90. The zero-order valence-electron chi connectivity index (χ0n) is 20.7. The third kappa shape index (κ3) is 4.81. The zero-order chi connectivity index (χ0) is 26.9. The molecule has 0 fully saturated rings. The predicted molar refractivity (Wildman–Crippen MR) is 154 cm³/mol. The van der Waals surface area contributed by atoms with E-state index in [1.54, 1.807) is 60.9 Å². The van der Waals surface area contributed by atoms with Gasteiger partial charge in [-0.3, -0.25) is 9.88 Å². The quantitative estimate of drug-likeness (QED) is 0.252. The van der Waals surface area contributed by atoms with Gasteiger partial charge >= 0.3 is 6.03 Å². The Labute approximate surface area is 230 Å². The van der Waals surface area contributed by atoms with Crippen LogP contribution in [0.3, 0.4) is 0 Å². The third-order valence-corrected chi connectivity index (χ3v) is 8.79. The number of para-hydroxylation sites is 1. The number of carbonyl (C=O) groups is 1. The second-order valence-corrected chi connectivity index (χ2v) is 12.4. The van der Waals surface area contributed by atoms with E-state index in [0.29, 0.717) is 23.0 Å². The molecule has 2 amide bonds. The Balaban J connectivity index is 1.58. The molecular weight excluding hydrogens is 540 g/mol. The molecule has 38 heavy (non-hydrogen) atoms. The minimum Gasteiger partial charge on any atom is -0.288 e. The van der Waals surface area contributed by atoms with Crippen molar-refractivity contribution in [3.05, 3.63) is 107 Å². The average molecular weight is 564 g/mol. The number of hydrogen-bond donors (Lipinski definition) is 0. The second-order valence-electron chi connectivity index (χ2n) is 8.86. The van der Waals surface area contributed by atoms with E-state index in [-0.39, 0.29) is 10.9 Å². The van der Waals surface area contributed by atoms with Gasteiger partial charge < -0.3 is 0 Å². The van der Waals surface area contributed by atoms with Crippen molar-refractivity contribution in [2.45, 2.75) is 11.4 Å². The number of urea groups is 1. The van der Waals surface area contributed by atoms with E-state index in [1.807, 2.05) is 48.5 Å². The molecule has 2 aromatic carbocycles. The van der Waals surface area contributed by atoms with Gasteiger partial charge in [0.05, 0.1) is 22.5 Å². The molecule has 2 aromatic heterocycles. The van der Waals surface area contributed by atoms with Gasteiger partial charge in [-0.25, -0.2) is 13.2 Å². The normalized spacial score (nSPS) is 16.9. The highest BCUT2D eigenvalue weighted by atomic mass is 35.5. The lowest BCUT2D eigenvalue weighted by atomic mass is 10.2. The lowest BCUT2D eigenvalue weighted by Gasteiger charge is -2.31. The van der Waals surface area contributed by atoms with Crippen LogP contribution < -0.4 is 4.59 Å². The first-order valence-electron chi connectivity index (χ1n) is 11.7. The standard InChI is InChI=1S/C28H24ClN4O3S2/c1-32(19-20-12-15-30-16-13-20)28(34)33(24-9-4-3-8-23(24)29)25(14-17-31-33)27-11-10-26(37-27)21-6-5-7-22(18-21)38(2,35)36/h3-18H,19H2,1-2H3/q+1. The van der Waals surface area contributed by atoms with Crippen molar-refractivity contribution in [3.63, 3.8) is 0 Å². The molecule has 5 rings (SSSR count). The molecule has 3 heterocycles. The molecule has 1 aliphatic heterocycles. The van der Waals surface area contributed by atoms with E-state index in [4.69, 9.17) is 16.7 Å². The molecule has 1 aliphatic rings. The highest BCUT2D eigenvalue weighted by Crippen LogP contribution is 2.45. The molecule has 192 valence electrons. The molecule has 10 heteroatoms. The molecule has 1 unspecified atom stereocenters. The maximum atomic E-state index is 14.2. The number of quaternary nitrogens is 1. The number of halogens is 1. The molecule has 0 saturated heterocycles. The van der Waals surface area contributed by atoms with Crippen molar-refractivity contribution in [3.8, 4) is 10.4 Å². The summed E-state index contributed by atoms with van der Waals surface area (Å²) in [6, 6.07) is 21.3. The molecular formula is C28H24ClN4O3S2+. The van der Waals surface area contributed by atoms with Crippen LogP contribution in [-0.4, -0.2) is 43.9 Å². The van der Waals surface area contributed by atoms with Crippen LogP contribution in [-0.2, 0) is 16.4 Å². The number of thiophene rings is 1. The Bertz CT molecular complexity index is 1680. The van der Waals surface area contributed by atoms with Crippen LogP contribution in [0.2, 0.25) is 5.02 Å². The number of rotatable bonds is 6. The smallest absolute Gasteiger partial charge is 0.288 e. The van der Waals surface area contributed by atoms with Gasteiger partial charge in [0.25, 0.3) is 0 Å². The number of sulfone groups is 1. The molecule has 0 radical (unpaired) electrons. The van der Waals surface area contributed by atoms with Crippen LogP contribution in [0.5, 0.6) is 0 Å². The highest BCUT2D eigenvalue weighted by Gasteiger charge is 2.51. The van der Waals surface area contributed by atoms with Gasteiger partial charge in [-0.05, 0) is 58.2 Å². The fourth-order valence-corrected chi connectivity index (χ4v) is 6.35. The van der Waals surface area contributed by atoms with Gasteiger partial charge in [0, 0.05) is 42.7 Å². The molecule has 0 aliphatic carbocycles. The Hall–Kier alpha value is -3.63. The summed E-state index contributed by atoms with van der Waals surface area (Å²) in [7, 11) is -1.61. The number of nitrogens with zero attached hydrogens (tertiary/aromatic N) is 4. The van der Waals surface area contributed by atoms with Crippen molar-refractivity contribution in [2.24, 2.45) is 5.10 Å². The van der Waals surface area contributed by atoms with E-state index in [1.165, 1.54) is 17.6 Å². The highest BCUT2D eigenvalue weighted by molar-refractivity contribution is 7.90. The Morgan fingerprint density at radius 2 is 1.74 bits per heavy atom. The number of pyridine rings is 1. The van der Waals surface area contributed by atoms with E-state index in [9.17, 15) is 13.2 Å². The van der Waals surface area contributed by atoms with Crippen molar-refractivity contribution in [1.82, 2.24) is 14.5 Å². The van der Waals surface area contributed by atoms with Gasteiger partial charge in [-0.15, -0.1) is 11.3 Å². The topological polar surface area (TPSA) is 79.7 Å². The third-order valence-electron chi connectivity index (χ3n) is 6.20. The number of aromatic nitrogens is 1. The van der Waals surface area contributed by atoms with Crippen molar-refractivity contribution in [1.29, 1.82) is 0 Å². The SMILES string of the molecule is CN(Cc1ccncc1)C(=O)[N+]1(c2ccccc2Cl)N=CC=C1c1ccc(-c2cccc(S(C)(=O)=O)c2)s1. The Morgan fingerprint density at radius 3 is 2.47 bits per heavy atom. The molecule has 0 N–H and O–H groups in total. The van der Waals surface area contributed by atoms with E-state index in [2.05, 4.69) is 4.98 Å². The molecule has 1 atom stereocenters. The van der Waals surface area contributed by atoms with Gasteiger partial charge in [-0.1, -0.05) is 41.0 Å². The van der Waals surface area contributed by atoms with Gasteiger partial charge in [0.1, 0.15) is 5.02 Å². The lowest BCUT2D eigenvalue weighted by molar-refractivity contribution is 0.183. The summed E-state index contributed by atoms with van der Waals surface area (Å²) in [6.07, 6.45) is 8.02. The van der Waals surface area contributed by atoms with E-state index in [0.717, 1.165) is 20.9 Å². The van der Waals surface area contributed by atoms with E-state index < -0.39 is 14.4 Å². The van der Waals surface area contributed by atoms with Gasteiger partial charge in [-0.2, -0.15) is 0 Å². The van der Waals surface area contributed by atoms with Crippen LogP contribution in [0.4, 0.5) is 10.5 Å².